The van der Waals surface area contributed by atoms with Gasteiger partial charge < -0.3 is 0 Å². The van der Waals surface area contributed by atoms with Crippen LogP contribution in [0.5, 0.6) is 0 Å². The third-order valence-corrected chi connectivity index (χ3v) is 4.95. The van der Waals surface area contributed by atoms with E-state index < -0.39 is 0 Å². The standard InChI is InChI=1S/2C6H5.ClH.Sb/c2*1-2-4-6-5-3-1;;/h2*1-5H;1H;. The Morgan fingerprint density at radius 3 is 1.29 bits per heavy atom. The number of halogens is 1. The molecule has 0 fully saturated rings. The molecule has 0 nitrogen and oxygen atoms in total. The van der Waals surface area contributed by atoms with Gasteiger partial charge in [-0.1, -0.05) is 0 Å². The van der Waals surface area contributed by atoms with Crippen LogP contribution in [0.1, 0.15) is 0 Å². The van der Waals surface area contributed by atoms with Gasteiger partial charge in [-0.2, -0.15) is 0 Å². The number of benzene rings is 2. The van der Waals surface area contributed by atoms with Gasteiger partial charge in [0.2, 0.25) is 0 Å². The van der Waals surface area contributed by atoms with Gasteiger partial charge in [-0.3, -0.25) is 0 Å². The summed E-state index contributed by atoms with van der Waals surface area (Å²) in [4.78, 5) is 0. The van der Waals surface area contributed by atoms with Gasteiger partial charge in [-0.25, -0.2) is 0 Å². The summed E-state index contributed by atoms with van der Waals surface area (Å²) in [6, 6.07) is 21.5. The summed E-state index contributed by atoms with van der Waals surface area (Å²) in [7, 11) is 0. The minimum absolute atomic E-state index is 0. The monoisotopic (exact) mass is 311 g/mol. The first-order valence-electron chi connectivity index (χ1n) is 4.27. The van der Waals surface area contributed by atoms with Crippen molar-refractivity contribution in [1.82, 2.24) is 0 Å². The Hall–Kier alpha value is -0.452. The van der Waals surface area contributed by atoms with Crippen molar-refractivity contribution in [1.29, 1.82) is 0 Å². The van der Waals surface area contributed by atoms with Crippen molar-refractivity contribution < 1.29 is 0 Å². The van der Waals surface area contributed by atoms with Gasteiger partial charge in [-0.15, -0.1) is 12.4 Å². The first-order valence-corrected chi connectivity index (χ1v) is 6.82. The summed E-state index contributed by atoms with van der Waals surface area (Å²) in [5, 5.41) is 0. The van der Waals surface area contributed by atoms with Crippen LogP contribution in [-0.4, -0.2) is 21.6 Å². The molecule has 0 unspecified atom stereocenters. The van der Waals surface area contributed by atoms with Crippen molar-refractivity contribution in [3.05, 3.63) is 60.7 Å². The van der Waals surface area contributed by atoms with Crippen molar-refractivity contribution in [3.8, 4) is 0 Å². The molecule has 0 saturated carbocycles. The zero-order valence-corrected chi connectivity index (χ0v) is 11.0. The molecule has 2 aromatic rings. The molecular formula is C12H11ClSb. The maximum atomic E-state index is 2.23. The predicted molar refractivity (Wildman–Crippen MR) is 65.2 cm³/mol. The zero-order valence-electron chi connectivity index (χ0n) is 7.63. The van der Waals surface area contributed by atoms with Crippen LogP contribution in [0.15, 0.2) is 60.7 Å². The molecule has 0 heterocycles. The maximum absolute atomic E-state index is 2.23. The molecule has 0 aliphatic heterocycles. The Kier molecular flexibility index (Phi) is 5.07. The Bertz CT molecular complexity index is 321. The van der Waals surface area contributed by atoms with Crippen LogP contribution in [0, 0.1) is 0 Å². The zero-order chi connectivity index (χ0) is 8.93. The normalized spacial score (nSPS) is 9.14. The van der Waals surface area contributed by atoms with E-state index >= 15 is 0 Å². The van der Waals surface area contributed by atoms with Gasteiger partial charge in [0.1, 0.15) is 0 Å². The first kappa shape index (κ1) is 11.6. The predicted octanol–water partition coefficient (Wildman–Crippen LogP) is 1.76. The van der Waals surface area contributed by atoms with Crippen LogP contribution in [0.3, 0.4) is 0 Å². The molecule has 0 spiro atoms. The quantitative estimate of drug-likeness (QED) is 0.742. The molecule has 2 heteroatoms. The molecule has 1 radical (unpaired) electrons. The number of hydrogen-bond acceptors (Lipinski definition) is 0. The van der Waals surface area contributed by atoms with E-state index in [1.165, 1.54) is 7.02 Å². The SMILES string of the molecule is Cl.c1cc[c]([Sb][c]2ccccc2)cc1. The molecule has 0 bridgehead atoms. The fourth-order valence-electron chi connectivity index (χ4n) is 1.15. The molecule has 0 atom stereocenters. The molecule has 2 aromatic carbocycles. The molecule has 2 rings (SSSR count). The molecular weight excluding hydrogens is 301 g/mol. The van der Waals surface area contributed by atoms with E-state index in [2.05, 4.69) is 60.7 Å². The average Bonchev–Trinajstić information content (AvgIpc) is 2.21. The third kappa shape index (κ3) is 3.36. The van der Waals surface area contributed by atoms with Crippen molar-refractivity contribution >= 4 is 41.0 Å². The van der Waals surface area contributed by atoms with Gasteiger partial charge >= 0.3 is 89.3 Å². The van der Waals surface area contributed by atoms with E-state index in [1.54, 1.807) is 0 Å². The second-order valence-electron chi connectivity index (χ2n) is 2.78. The van der Waals surface area contributed by atoms with Crippen molar-refractivity contribution in [2.45, 2.75) is 0 Å². The summed E-state index contributed by atoms with van der Waals surface area (Å²) in [5.74, 6) is 0. The summed E-state index contributed by atoms with van der Waals surface area (Å²) in [6.45, 7) is 0. The molecule has 71 valence electrons. The summed E-state index contributed by atoms with van der Waals surface area (Å²) in [6.07, 6.45) is 0. The van der Waals surface area contributed by atoms with Crippen LogP contribution in [0.2, 0.25) is 0 Å². The van der Waals surface area contributed by atoms with Crippen LogP contribution in [0.4, 0.5) is 0 Å². The van der Waals surface area contributed by atoms with Gasteiger partial charge in [0.25, 0.3) is 0 Å². The van der Waals surface area contributed by atoms with E-state index in [9.17, 15) is 0 Å². The number of rotatable bonds is 2. The molecule has 0 aliphatic carbocycles. The van der Waals surface area contributed by atoms with Crippen LogP contribution < -0.4 is 7.02 Å². The van der Waals surface area contributed by atoms with Gasteiger partial charge in [0, 0.05) is 0 Å². The summed E-state index contributed by atoms with van der Waals surface area (Å²) >= 11 is -0.335. The fourth-order valence-corrected chi connectivity index (χ4v) is 3.84. The Labute approximate surface area is 101 Å². The molecule has 0 aromatic heterocycles. The van der Waals surface area contributed by atoms with E-state index in [1.807, 2.05) is 0 Å². The summed E-state index contributed by atoms with van der Waals surface area (Å²) < 4.78 is 3.04. The van der Waals surface area contributed by atoms with E-state index in [0.717, 1.165) is 0 Å². The van der Waals surface area contributed by atoms with Crippen LogP contribution in [-0.2, 0) is 0 Å². The van der Waals surface area contributed by atoms with Gasteiger partial charge in [0.05, 0.1) is 0 Å². The minimum atomic E-state index is -0.335. The molecule has 0 N–H and O–H groups in total. The van der Waals surface area contributed by atoms with Gasteiger partial charge in [-0.05, 0) is 0 Å². The van der Waals surface area contributed by atoms with E-state index in [4.69, 9.17) is 0 Å². The van der Waals surface area contributed by atoms with Gasteiger partial charge in [0.15, 0.2) is 0 Å². The second-order valence-corrected chi connectivity index (χ2v) is 6.37. The van der Waals surface area contributed by atoms with Crippen LogP contribution >= 0.6 is 12.4 Å². The molecule has 0 aliphatic rings. The first-order chi connectivity index (χ1) is 6.45. The van der Waals surface area contributed by atoms with E-state index in [-0.39, 0.29) is 34.0 Å². The van der Waals surface area contributed by atoms with E-state index in [0.29, 0.717) is 0 Å². The van der Waals surface area contributed by atoms with Crippen molar-refractivity contribution in [2.24, 2.45) is 0 Å². The molecule has 0 saturated heterocycles. The topological polar surface area (TPSA) is 0 Å². The Morgan fingerprint density at radius 1 is 0.571 bits per heavy atom. The van der Waals surface area contributed by atoms with Crippen molar-refractivity contribution in [2.75, 3.05) is 0 Å². The van der Waals surface area contributed by atoms with Crippen molar-refractivity contribution in [3.63, 3.8) is 0 Å². The Morgan fingerprint density at radius 2 is 0.929 bits per heavy atom. The second kappa shape index (κ2) is 6.11. The number of hydrogen-bond donors (Lipinski definition) is 0. The molecule has 0 amide bonds. The Balaban J connectivity index is 0.000000980. The third-order valence-electron chi connectivity index (χ3n) is 1.77. The molecule has 14 heavy (non-hydrogen) atoms. The van der Waals surface area contributed by atoms with Crippen LogP contribution in [0.25, 0.3) is 0 Å². The summed E-state index contributed by atoms with van der Waals surface area (Å²) in [5.41, 5.74) is 0. The fraction of sp³-hybridized carbons (Fsp3) is 0. The average molecular weight is 312 g/mol.